The molecule has 3 rings (SSSR count). The van der Waals surface area contributed by atoms with Crippen molar-refractivity contribution in [2.24, 2.45) is 0 Å². The van der Waals surface area contributed by atoms with Crippen molar-refractivity contribution in [3.05, 3.63) is 41.7 Å². The number of carbonyl (C=O) groups excluding carboxylic acids is 1. The molecule has 0 bridgehead atoms. The highest BCUT2D eigenvalue weighted by Crippen LogP contribution is 2.31. The lowest BCUT2D eigenvalue weighted by atomic mass is 10.1. The summed E-state index contributed by atoms with van der Waals surface area (Å²) in [5.41, 5.74) is 2.65. The zero-order valence-corrected chi connectivity index (χ0v) is 16.9. The Labute approximate surface area is 164 Å². The number of hydrogen-bond donors (Lipinski definition) is 1. The van der Waals surface area contributed by atoms with Gasteiger partial charge in [0, 0.05) is 23.5 Å². The summed E-state index contributed by atoms with van der Waals surface area (Å²) in [5, 5.41) is 8.07. The van der Waals surface area contributed by atoms with E-state index < -0.39 is 0 Å². The van der Waals surface area contributed by atoms with Crippen molar-refractivity contribution >= 4 is 22.6 Å². The molecule has 0 fully saturated rings. The van der Waals surface area contributed by atoms with Crippen molar-refractivity contribution in [2.45, 2.75) is 40.7 Å². The van der Waals surface area contributed by atoms with E-state index in [4.69, 9.17) is 9.47 Å². The van der Waals surface area contributed by atoms with E-state index in [2.05, 4.69) is 15.4 Å². The van der Waals surface area contributed by atoms with E-state index >= 15 is 0 Å². The summed E-state index contributed by atoms with van der Waals surface area (Å²) < 4.78 is 13.0. The number of nitrogens with zero attached hydrogens (tertiary/aromatic N) is 3. The van der Waals surface area contributed by atoms with Crippen LogP contribution in [0.1, 0.15) is 49.8 Å². The maximum atomic E-state index is 13.0. The number of nitrogens with one attached hydrogen (secondary N) is 1. The maximum Gasteiger partial charge on any atom is 0.256 e. The van der Waals surface area contributed by atoms with Gasteiger partial charge >= 0.3 is 0 Å². The van der Waals surface area contributed by atoms with Gasteiger partial charge in [-0.1, -0.05) is 0 Å². The standard InChI is InChI=1S/C21H26N4O3/c1-6-27-18-9-8-15(11-19(18)28-7-2)24-21(26)16-10-14(5)23-20-17(16)12-22-25(20)13(3)4/h8-13H,6-7H2,1-5H3,(H,24,26). The Kier molecular flexibility index (Phi) is 5.82. The van der Waals surface area contributed by atoms with Crippen molar-refractivity contribution in [1.29, 1.82) is 0 Å². The molecule has 0 saturated heterocycles. The molecular weight excluding hydrogens is 356 g/mol. The van der Waals surface area contributed by atoms with Crippen LogP contribution < -0.4 is 14.8 Å². The zero-order valence-electron chi connectivity index (χ0n) is 16.9. The molecule has 1 N–H and O–H groups in total. The second-order valence-electron chi connectivity index (χ2n) is 6.71. The lowest BCUT2D eigenvalue weighted by Gasteiger charge is -2.13. The molecule has 148 valence electrons. The number of pyridine rings is 1. The number of anilines is 1. The van der Waals surface area contributed by atoms with Crippen LogP contribution in [-0.2, 0) is 0 Å². The molecule has 7 heteroatoms. The number of carbonyl (C=O) groups is 1. The van der Waals surface area contributed by atoms with E-state index in [1.54, 1.807) is 30.5 Å². The molecule has 0 saturated carbocycles. The topological polar surface area (TPSA) is 78.3 Å². The number of hydrogen-bond acceptors (Lipinski definition) is 5. The third-order valence-electron chi connectivity index (χ3n) is 4.23. The largest absolute Gasteiger partial charge is 0.490 e. The number of benzene rings is 1. The van der Waals surface area contributed by atoms with Gasteiger partial charge in [0.1, 0.15) is 0 Å². The summed E-state index contributed by atoms with van der Waals surface area (Å²) in [6.07, 6.45) is 1.69. The van der Waals surface area contributed by atoms with Gasteiger partial charge in [-0.15, -0.1) is 0 Å². The Morgan fingerprint density at radius 2 is 1.86 bits per heavy atom. The second kappa shape index (κ2) is 8.29. The molecule has 0 atom stereocenters. The summed E-state index contributed by atoms with van der Waals surface area (Å²) in [6.45, 7) is 10.8. The Hall–Kier alpha value is -3.09. The minimum atomic E-state index is -0.217. The first kappa shape index (κ1) is 19.7. The monoisotopic (exact) mass is 382 g/mol. The normalized spacial score (nSPS) is 11.1. The van der Waals surface area contributed by atoms with Gasteiger partial charge in [0.2, 0.25) is 0 Å². The van der Waals surface area contributed by atoms with Gasteiger partial charge in [0.15, 0.2) is 17.1 Å². The van der Waals surface area contributed by atoms with Gasteiger partial charge in [0.25, 0.3) is 5.91 Å². The van der Waals surface area contributed by atoms with Crippen LogP contribution in [0.15, 0.2) is 30.5 Å². The van der Waals surface area contributed by atoms with Crippen LogP contribution in [0.2, 0.25) is 0 Å². The highest BCUT2D eigenvalue weighted by Gasteiger charge is 2.17. The molecule has 28 heavy (non-hydrogen) atoms. The van der Waals surface area contributed by atoms with Gasteiger partial charge in [-0.05, 0) is 52.8 Å². The third-order valence-corrected chi connectivity index (χ3v) is 4.23. The number of rotatable bonds is 7. The highest BCUT2D eigenvalue weighted by molar-refractivity contribution is 6.12. The number of amides is 1. The fourth-order valence-corrected chi connectivity index (χ4v) is 3.04. The van der Waals surface area contributed by atoms with Crippen LogP contribution >= 0.6 is 0 Å². The minimum absolute atomic E-state index is 0.155. The van der Waals surface area contributed by atoms with Gasteiger partial charge in [-0.25, -0.2) is 9.67 Å². The van der Waals surface area contributed by atoms with Gasteiger partial charge in [-0.3, -0.25) is 4.79 Å². The molecular formula is C21H26N4O3. The minimum Gasteiger partial charge on any atom is -0.490 e. The Morgan fingerprint density at radius 3 is 2.54 bits per heavy atom. The molecule has 7 nitrogen and oxygen atoms in total. The quantitative estimate of drug-likeness (QED) is 0.656. The van der Waals surface area contributed by atoms with Crippen LogP contribution in [-0.4, -0.2) is 33.9 Å². The number of ether oxygens (including phenoxy) is 2. The van der Waals surface area contributed by atoms with E-state index in [1.165, 1.54) is 0 Å². The molecule has 0 aliphatic carbocycles. The molecule has 0 spiro atoms. The lowest BCUT2D eigenvalue weighted by Crippen LogP contribution is -2.13. The summed E-state index contributed by atoms with van der Waals surface area (Å²) >= 11 is 0. The molecule has 0 radical (unpaired) electrons. The first-order valence-corrected chi connectivity index (χ1v) is 9.50. The third kappa shape index (κ3) is 3.93. The lowest BCUT2D eigenvalue weighted by molar-refractivity contribution is 0.102. The first-order chi connectivity index (χ1) is 13.4. The van der Waals surface area contributed by atoms with Crippen LogP contribution in [0.5, 0.6) is 11.5 Å². The first-order valence-electron chi connectivity index (χ1n) is 9.50. The van der Waals surface area contributed by atoms with Gasteiger partial charge in [-0.2, -0.15) is 5.10 Å². The molecule has 0 aliphatic rings. The summed E-state index contributed by atoms with van der Waals surface area (Å²) in [4.78, 5) is 17.6. The average molecular weight is 382 g/mol. The van der Waals surface area contributed by atoms with E-state index in [-0.39, 0.29) is 11.9 Å². The van der Waals surface area contributed by atoms with Crippen LogP contribution in [0.25, 0.3) is 11.0 Å². The van der Waals surface area contributed by atoms with E-state index in [0.717, 1.165) is 11.1 Å². The van der Waals surface area contributed by atoms with Crippen molar-refractivity contribution in [3.8, 4) is 11.5 Å². The fourth-order valence-electron chi connectivity index (χ4n) is 3.04. The summed E-state index contributed by atoms with van der Waals surface area (Å²) in [7, 11) is 0. The molecule has 1 amide bonds. The predicted octanol–water partition coefficient (Wildman–Crippen LogP) is 4.37. The van der Waals surface area contributed by atoms with E-state index in [9.17, 15) is 4.79 Å². The van der Waals surface area contributed by atoms with Crippen LogP contribution in [0.3, 0.4) is 0 Å². The zero-order chi connectivity index (χ0) is 20.3. The molecule has 0 aliphatic heterocycles. The van der Waals surface area contributed by atoms with Gasteiger partial charge in [0.05, 0.1) is 30.4 Å². The van der Waals surface area contributed by atoms with E-state index in [0.29, 0.717) is 41.6 Å². The summed E-state index contributed by atoms with van der Waals surface area (Å²) in [6, 6.07) is 7.31. The molecule has 2 heterocycles. The van der Waals surface area contributed by atoms with Crippen molar-refractivity contribution in [1.82, 2.24) is 14.8 Å². The van der Waals surface area contributed by atoms with Crippen molar-refractivity contribution < 1.29 is 14.3 Å². The predicted molar refractivity (Wildman–Crippen MR) is 109 cm³/mol. The number of fused-ring (bicyclic) bond motifs is 1. The Morgan fingerprint density at radius 1 is 1.14 bits per heavy atom. The van der Waals surface area contributed by atoms with Gasteiger partial charge < -0.3 is 14.8 Å². The Bertz CT molecular complexity index is 995. The molecule has 0 unspecified atom stereocenters. The molecule has 2 aromatic heterocycles. The number of aromatic nitrogens is 3. The second-order valence-corrected chi connectivity index (χ2v) is 6.71. The number of aryl methyl sites for hydroxylation is 1. The summed E-state index contributed by atoms with van der Waals surface area (Å²) in [5.74, 6) is 1.04. The van der Waals surface area contributed by atoms with Crippen molar-refractivity contribution in [3.63, 3.8) is 0 Å². The smallest absolute Gasteiger partial charge is 0.256 e. The Balaban J connectivity index is 1.94. The molecule has 1 aromatic carbocycles. The maximum absolute atomic E-state index is 13.0. The SMILES string of the molecule is CCOc1ccc(NC(=O)c2cc(C)nc3c2cnn3C(C)C)cc1OCC. The van der Waals surface area contributed by atoms with Crippen LogP contribution in [0, 0.1) is 6.92 Å². The average Bonchev–Trinajstić information content (AvgIpc) is 3.07. The van der Waals surface area contributed by atoms with Crippen LogP contribution in [0.4, 0.5) is 5.69 Å². The highest BCUT2D eigenvalue weighted by atomic mass is 16.5. The van der Waals surface area contributed by atoms with Crippen molar-refractivity contribution in [2.75, 3.05) is 18.5 Å². The fraction of sp³-hybridized carbons (Fsp3) is 0.381. The van der Waals surface area contributed by atoms with E-state index in [1.807, 2.05) is 39.3 Å². The molecule has 3 aromatic rings.